The number of nitriles is 1. The van der Waals surface area contributed by atoms with E-state index in [1.165, 1.54) is 6.07 Å². The van der Waals surface area contributed by atoms with Crippen molar-refractivity contribution >= 4 is 5.78 Å². The lowest BCUT2D eigenvalue weighted by Crippen LogP contribution is -2.28. The van der Waals surface area contributed by atoms with Gasteiger partial charge in [-0.3, -0.25) is 9.59 Å². The molecule has 0 fully saturated rings. The highest BCUT2D eigenvalue weighted by Gasteiger charge is 2.20. The van der Waals surface area contributed by atoms with Gasteiger partial charge in [0, 0.05) is 29.9 Å². The summed E-state index contributed by atoms with van der Waals surface area (Å²) in [7, 11) is 0. The van der Waals surface area contributed by atoms with Crippen LogP contribution in [-0.4, -0.2) is 15.3 Å². The average Bonchev–Trinajstić information content (AvgIpc) is 2.51. The molecule has 0 bridgehead atoms. The minimum Gasteiger partial charge on any atom is -0.308 e. The normalized spacial score (nSPS) is 13.6. The van der Waals surface area contributed by atoms with E-state index in [4.69, 9.17) is 5.26 Å². The predicted molar refractivity (Wildman–Crippen MR) is 76.0 cm³/mol. The zero-order valence-corrected chi connectivity index (χ0v) is 11.4. The lowest BCUT2D eigenvalue weighted by atomic mass is 9.94. The molecule has 0 aliphatic heterocycles. The van der Waals surface area contributed by atoms with Crippen molar-refractivity contribution in [2.75, 3.05) is 0 Å². The monoisotopic (exact) mass is 279 g/mol. The van der Waals surface area contributed by atoms with Crippen molar-refractivity contribution in [3.63, 3.8) is 0 Å². The average molecular weight is 279 g/mol. The van der Waals surface area contributed by atoms with Crippen LogP contribution in [0.15, 0.2) is 35.3 Å². The van der Waals surface area contributed by atoms with Crippen LogP contribution in [-0.2, 0) is 13.0 Å². The first-order valence-corrected chi connectivity index (χ1v) is 6.80. The van der Waals surface area contributed by atoms with E-state index in [-0.39, 0.29) is 11.3 Å². The second-order valence-corrected chi connectivity index (χ2v) is 5.06. The summed E-state index contributed by atoms with van der Waals surface area (Å²) in [6.45, 7) is 0.354. The molecule has 0 saturated carbocycles. The van der Waals surface area contributed by atoms with Gasteiger partial charge in [0.15, 0.2) is 5.78 Å². The maximum absolute atomic E-state index is 12.1. The molecule has 1 aliphatic rings. The van der Waals surface area contributed by atoms with Crippen LogP contribution >= 0.6 is 0 Å². The Morgan fingerprint density at radius 1 is 1.24 bits per heavy atom. The summed E-state index contributed by atoms with van der Waals surface area (Å²) >= 11 is 0. The van der Waals surface area contributed by atoms with Crippen molar-refractivity contribution in [3.8, 4) is 6.07 Å². The number of hydrogen-bond donors (Lipinski definition) is 0. The molecule has 2 heterocycles. The summed E-state index contributed by atoms with van der Waals surface area (Å²) in [6.07, 6.45) is 3.60. The van der Waals surface area contributed by atoms with Crippen molar-refractivity contribution < 1.29 is 4.79 Å². The SMILES string of the molecule is N#Cc1cc(Cn2c3c(ccc2=O)C(=O)CCC3)ccn1. The van der Waals surface area contributed by atoms with Crippen molar-refractivity contribution in [2.45, 2.75) is 25.8 Å². The fraction of sp³-hybridized carbons (Fsp3) is 0.250. The molecular formula is C16H13N3O2. The third kappa shape index (κ3) is 2.48. The fourth-order valence-corrected chi connectivity index (χ4v) is 2.68. The maximum Gasteiger partial charge on any atom is 0.251 e. The number of ketones is 1. The number of pyridine rings is 2. The van der Waals surface area contributed by atoms with Crippen molar-refractivity contribution in [2.24, 2.45) is 0 Å². The molecule has 3 rings (SSSR count). The Hall–Kier alpha value is -2.74. The van der Waals surface area contributed by atoms with Crippen molar-refractivity contribution in [3.05, 3.63) is 63.3 Å². The van der Waals surface area contributed by atoms with E-state index in [2.05, 4.69) is 4.98 Å². The minimum atomic E-state index is -0.126. The van der Waals surface area contributed by atoms with E-state index in [0.29, 0.717) is 24.2 Å². The van der Waals surface area contributed by atoms with Gasteiger partial charge in [0.2, 0.25) is 0 Å². The topological polar surface area (TPSA) is 75.8 Å². The molecular weight excluding hydrogens is 266 g/mol. The van der Waals surface area contributed by atoms with Crippen LogP contribution in [0.25, 0.3) is 0 Å². The molecule has 1 aliphatic carbocycles. The summed E-state index contributed by atoms with van der Waals surface area (Å²) < 4.78 is 1.63. The van der Waals surface area contributed by atoms with Crippen LogP contribution in [0.1, 0.15) is 40.2 Å². The Kier molecular flexibility index (Phi) is 3.36. The molecule has 5 nitrogen and oxygen atoms in total. The molecule has 0 radical (unpaired) electrons. The van der Waals surface area contributed by atoms with Gasteiger partial charge in [0.25, 0.3) is 5.56 Å². The summed E-state index contributed by atoms with van der Waals surface area (Å²) in [5.74, 6) is 0.0949. The molecule has 5 heteroatoms. The van der Waals surface area contributed by atoms with Crippen LogP contribution in [0.4, 0.5) is 0 Å². The molecule has 104 valence electrons. The summed E-state index contributed by atoms with van der Waals surface area (Å²) in [4.78, 5) is 28.0. The lowest BCUT2D eigenvalue weighted by molar-refractivity contribution is 0.0970. The van der Waals surface area contributed by atoms with Gasteiger partial charge >= 0.3 is 0 Å². The van der Waals surface area contributed by atoms with Gasteiger partial charge in [-0.2, -0.15) is 5.26 Å². The first-order chi connectivity index (χ1) is 10.2. The number of aromatic nitrogens is 2. The van der Waals surface area contributed by atoms with Crippen LogP contribution < -0.4 is 5.56 Å². The van der Waals surface area contributed by atoms with Crippen LogP contribution in [0.2, 0.25) is 0 Å². The standard InChI is InChI=1S/C16H13N3O2/c17-9-12-8-11(6-7-18-12)10-19-14-2-1-3-15(20)13(14)4-5-16(19)21/h4-8H,1-3,10H2. The first kappa shape index (κ1) is 13.3. The summed E-state index contributed by atoms with van der Waals surface area (Å²) in [5.41, 5.74) is 2.47. The van der Waals surface area contributed by atoms with Gasteiger partial charge < -0.3 is 4.57 Å². The quantitative estimate of drug-likeness (QED) is 0.838. The predicted octanol–water partition coefficient (Wildman–Crippen LogP) is 1.68. The van der Waals surface area contributed by atoms with E-state index in [1.54, 1.807) is 29.0 Å². The third-order valence-electron chi connectivity index (χ3n) is 3.69. The highest BCUT2D eigenvalue weighted by Crippen LogP contribution is 2.20. The van der Waals surface area contributed by atoms with Crippen molar-refractivity contribution in [1.82, 2.24) is 9.55 Å². The number of hydrogen-bond acceptors (Lipinski definition) is 4. The molecule has 2 aromatic rings. The smallest absolute Gasteiger partial charge is 0.251 e. The Morgan fingerprint density at radius 3 is 2.90 bits per heavy atom. The Bertz CT molecular complexity index is 815. The Balaban J connectivity index is 2.06. The van der Waals surface area contributed by atoms with Crippen molar-refractivity contribution in [1.29, 1.82) is 5.26 Å². The zero-order chi connectivity index (χ0) is 14.8. The minimum absolute atomic E-state index is 0.0949. The molecule has 0 amide bonds. The van der Waals surface area contributed by atoms with E-state index in [0.717, 1.165) is 24.1 Å². The van der Waals surface area contributed by atoms with Crippen LogP contribution in [0.5, 0.6) is 0 Å². The molecule has 21 heavy (non-hydrogen) atoms. The number of rotatable bonds is 2. The van der Waals surface area contributed by atoms with E-state index in [1.807, 2.05) is 6.07 Å². The van der Waals surface area contributed by atoms with E-state index >= 15 is 0 Å². The highest BCUT2D eigenvalue weighted by atomic mass is 16.1. The second-order valence-electron chi connectivity index (χ2n) is 5.06. The molecule has 0 atom stereocenters. The second kappa shape index (κ2) is 5.33. The number of fused-ring (bicyclic) bond motifs is 1. The fourth-order valence-electron chi connectivity index (χ4n) is 2.68. The number of carbonyl (C=O) groups excluding carboxylic acids is 1. The number of nitrogens with zero attached hydrogens (tertiary/aromatic N) is 3. The summed E-state index contributed by atoms with van der Waals surface area (Å²) in [6, 6.07) is 8.49. The molecule has 2 aromatic heterocycles. The highest BCUT2D eigenvalue weighted by molar-refractivity contribution is 5.97. The number of Topliss-reactive ketones (excluding diaryl/α,β-unsaturated/α-hetero) is 1. The zero-order valence-electron chi connectivity index (χ0n) is 11.4. The van der Waals surface area contributed by atoms with Gasteiger partial charge in [0.1, 0.15) is 11.8 Å². The molecule has 0 unspecified atom stereocenters. The van der Waals surface area contributed by atoms with E-state index in [9.17, 15) is 9.59 Å². The van der Waals surface area contributed by atoms with E-state index < -0.39 is 0 Å². The Morgan fingerprint density at radius 2 is 2.10 bits per heavy atom. The Labute approximate surface area is 121 Å². The van der Waals surface area contributed by atoms with Gasteiger partial charge in [0.05, 0.1) is 6.54 Å². The van der Waals surface area contributed by atoms with Crippen LogP contribution in [0.3, 0.4) is 0 Å². The van der Waals surface area contributed by atoms with Gasteiger partial charge in [-0.25, -0.2) is 4.98 Å². The lowest BCUT2D eigenvalue weighted by Gasteiger charge is -2.20. The van der Waals surface area contributed by atoms with Gasteiger partial charge in [-0.05, 0) is 36.6 Å². The molecule has 0 aromatic carbocycles. The largest absolute Gasteiger partial charge is 0.308 e. The number of carbonyl (C=O) groups is 1. The maximum atomic E-state index is 12.1. The molecule has 0 saturated heterocycles. The van der Waals surface area contributed by atoms with Gasteiger partial charge in [-0.1, -0.05) is 0 Å². The van der Waals surface area contributed by atoms with Crippen LogP contribution in [0, 0.1) is 11.3 Å². The molecule has 0 N–H and O–H groups in total. The third-order valence-corrected chi connectivity index (χ3v) is 3.69. The molecule has 0 spiro atoms. The first-order valence-electron chi connectivity index (χ1n) is 6.80. The summed E-state index contributed by atoms with van der Waals surface area (Å²) in [5, 5.41) is 8.88. The van der Waals surface area contributed by atoms with Gasteiger partial charge in [-0.15, -0.1) is 0 Å².